The molecule has 156 valence electrons. The van der Waals surface area contributed by atoms with E-state index in [0.717, 1.165) is 30.3 Å². The monoisotopic (exact) mass is 420 g/mol. The van der Waals surface area contributed by atoms with Gasteiger partial charge in [-0.05, 0) is 18.6 Å². The third-order valence-corrected chi connectivity index (χ3v) is 5.83. The van der Waals surface area contributed by atoms with Crippen LogP contribution < -0.4 is 10.5 Å². The van der Waals surface area contributed by atoms with E-state index in [1.165, 1.54) is 12.1 Å². The lowest BCUT2D eigenvalue weighted by molar-refractivity contribution is -0.385. The number of aryl methyl sites for hydroxylation is 1. The molecule has 1 heterocycles. The van der Waals surface area contributed by atoms with Crippen molar-refractivity contribution >= 4 is 21.4 Å². The molecule has 0 saturated carbocycles. The Morgan fingerprint density at radius 2 is 1.97 bits per heavy atom. The summed E-state index contributed by atoms with van der Waals surface area (Å²) in [6.45, 7) is 5.18. The Kier molecular flexibility index (Phi) is 6.48. The van der Waals surface area contributed by atoms with Gasteiger partial charge in [0.1, 0.15) is 4.90 Å². The minimum atomic E-state index is -4.13. The molecule has 0 aliphatic carbocycles. The summed E-state index contributed by atoms with van der Waals surface area (Å²) in [5, 5.41) is 19.4. The maximum Gasteiger partial charge on any atom is 0.270 e. The van der Waals surface area contributed by atoms with Crippen LogP contribution in [0.4, 0.5) is 11.4 Å². The molecule has 3 rings (SSSR count). The summed E-state index contributed by atoms with van der Waals surface area (Å²) in [6, 6.07) is 11.7. The normalized spacial score (nSPS) is 16.3. The van der Waals surface area contributed by atoms with Gasteiger partial charge in [0.05, 0.1) is 29.9 Å². The Balaban J connectivity index is 1.90. The zero-order valence-corrected chi connectivity index (χ0v) is 16.9. The molecule has 1 saturated heterocycles. The largest absolute Gasteiger partial charge is 0.382 e. The fourth-order valence-corrected chi connectivity index (χ4v) is 4.17. The van der Waals surface area contributed by atoms with Crippen molar-refractivity contribution < 1.29 is 18.1 Å². The van der Waals surface area contributed by atoms with Gasteiger partial charge in [-0.1, -0.05) is 29.8 Å². The highest BCUT2D eigenvalue weighted by atomic mass is 32.2. The molecule has 1 fully saturated rings. The van der Waals surface area contributed by atoms with E-state index in [2.05, 4.69) is 16.3 Å². The molecule has 0 spiro atoms. The van der Waals surface area contributed by atoms with E-state index in [9.17, 15) is 18.5 Å². The van der Waals surface area contributed by atoms with Crippen LogP contribution in [0.2, 0.25) is 0 Å². The van der Waals surface area contributed by atoms with Crippen molar-refractivity contribution in [2.75, 3.05) is 38.2 Å². The van der Waals surface area contributed by atoms with Gasteiger partial charge in [-0.2, -0.15) is 0 Å². The van der Waals surface area contributed by atoms with Crippen molar-refractivity contribution in [2.45, 2.75) is 17.9 Å². The Labute approximate surface area is 169 Å². The van der Waals surface area contributed by atoms with Gasteiger partial charge in [0, 0.05) is 31.8 Å². The summed E-state index contributed by atoms with van der Waals surface area (Å²) in [4.78, 5) is 12.3. The highest BCUT2D eigenvalue weighted by molar-refractivity contribution is 7.89. The molecule has 0 bridgehead atoms. The van der Waals surface area contributed by atoms with Crippen LogP contribution in [0.3, 0.4) is 0 Å². The van der Waals surface area contributed by atoms with Crippen molar-refractivity contribution in [1.29, 1.82) is 0 Å². The maximum absolute atomic E-state index is 12.0. The highest BCUT2D eigenvalue weighted by Gasteiger charge is 2.24. The summed E-state index contributed by atoms with van der Waals surface area (Å²) < 4.78 is 29.4. The number of nitrogens with two attached hydrogens (primary N) is 1. The Bertz CT molecular complexity index is 990. The van der Waals surface area contributed by atoms with E-state index in [1.54, 1.807) is 0 Å². The van der Waals surface area contributed by atoms with Crippen molar-refractivity contribution in [3.63, 3.8) is 0 Å². The van der Waals surface area contributed by atoms with Gasteiger partial charge < -0.3 is 10.1 Å². The minimum absolute atomic E-state index is 0.0256. The average molecular weight is 420 g/mol. The molecule has 0 aromatic heterocycles. The summed E-state index contributed by atoms with van der Waals surface area (Å²) >= 11 is 0. The standard InChI is InChI=1S/C19H24N4O5S/c1-14-3-2-4-15(11-14)18(22-7-9-28-10-8-22)13-21-17-6-5-16(23(24)25)12-19(17)29(20,26)27/h2-6,11-12,18,21H,7-10,13H2,1H3,(H2,20,26,27)/t18-/m1/s1. The Hall–Kier alpha value is -2.53. The Morgan fingerprint density at radius 3 is 2.59 bits per heavy atom. The summed E-state index contributed by atoms with van der Waals surface area (Å²) in [7, 11) is -4.13. The number of nitro benzene ring substituents is 1. The third kappa shape index (κ3) is 5.30. The van der Waals surface area contributed by atoms with Gasteiger partial charge in [0.15, 0.2) is 0 Å². The number of non-ortho nitro benzene ring substituents is 1. The fourth-order valence-electron chi connectivity index (χ4n) is 3.44. The second-order valence-electron chi connectivity index (χ2n) is 6.94. The number of sulfonamides is 1. The predicted octanol–water partition coefficient (Wildman–Crippen LogP) is 2.04. The quantitative estimate of drug-likeness (QED) is 0.518. The molecule has 0 amide bonds. The number of hydrogen-bond donors (Lipinski definition) is 2. The number of hydrogen-bond acceptors (Lipinski definition) is 7. The number of benzene rings is 2. The molecule has 9 nitrogen and oxygen atoms in total. The molecule has 0 unspecified atom stereocenters. The summed E-state index contributed by atoms with van der Waals surface area (Å²) in [5.74, 6) is 0. The molecule has 10 heteroatoms. The lowest BCUT2D eigenvalue weighted by atomic mass is 10.0. The van der Waals surface area contributed by atoms with Gasteiger partial charge in [0.25, 0.3) is 5.69 Å². The van der Waals surface area contributed by atoms with Crippen LogP contribution in [0.5, 0.6) is 0 Å². The van der Waals surface area contributed by atoms with E-state index in [1.807, 2.05) is 25.1 Å². The minimum Gasteiger partial charge on any atom is -0.382 e. The number of ether oxygens (including phenoxy) is 1. The molecule has 29 heavy (non-hydrogen) atoms. The van der Waals surface area contributed by atoms with Crippen molar-refractivity contribution in [3.8, 4) is 0 Å². The molecule has 1 atom stereocenters. The average Bonchev–Trinajstić information content (AvgIpc) is 2.68. The number of nitrogens with zero attached hydrogens (tertiary/aromatic N) is 2. The molecule has 3 N–H and O–H groups in total. The number of nitro groups is 1. The molecule has 1 aliphatic rings. The van der Waals surface area contributed by atoms with Gasteiger partial charge in [-0.15, -0.1) is 0 Å². The first kappa shape index (κ1) is 21.2. The van der Waals surface area contributed by atoms with Crippen LogP contribution in [-0.4, -0.2) is 51.1 Å². The summed E-state index contributed by atoms with van der Waals surface area (Å²) in [6.07, 6.45) is 0. The molecule has 1 aliphatic heterocycles. The first-order chi connectivity index (χ1) is 13.8. The molecule has 2 aromatic rings. The number of morpholine rings is 1. The van der Waals surface area contributed by atoms with Crippen molar-refractivity contribution in [2.24, 2.45) is 5.14 Å². The first-order valence-corrected chi connectivity index (χ1v) is 10.7. The van der Waals surface area contributed by atoms with Crippen LogP contribution >= 0.6 is 0 Å². The van der Waals surface area contributed by atoms with Crippen molar-refractivity contribution in [1.82, 2.24) is 4.90 Å². The molecular weight excluding hydrogens is 396 g/mol. The molecule has 2 aromatic carbocycles. The smallest absolute Gasteiger partial charge is 0.270 e. The molecule has 0 radical (unpaired) electrons. The first-order valence-electron chi connectivity index (χ1n) is 9.19. The van der Waals surface area contributed by atoms with Crippen LogP contribution in [0, 0.1) is 17.0 Å². The van der Waals surface area contributed by atoms with E-state index >= 15 is 0 Å². The SMILES string of the molecule is Cc1cccc([C@@H](CNc2ccc([N+](=O)[O-])cc2S(N)(=O)=O)N2CCOCC2)c1. The predicted molar refractivity (Wildman–Crippen MR) is 109 cm³/mol. The zero-order chi connectivity index (χ0) is 21.0. The van der Waals surface area contributed by atoms with Crippen LogP contribution in [0.15, 0.2) is 47.4 Å². The van der Waals surface area contributed by atoms with E-state index < -0.39 is 14.9 Å². The Morgan fingerprint density at radius 1 is 1.24 bits per heavy atom. The number of rotatable bonds is 7. The topological polar surface area (TPSA) is 128 Å². The van der Waals surface area contributed by atoms with Crippen LogP contribution in [0.1, 0.15) is 17.2 Å². The van der Waals surface area contributed by atoms with Gasteiger partial charge in [-0.3, -0.25) is 15.0 Å². The number of nitrogens with one attached hydrogen (secondary N) is 1. The molecular formula is C19H24N4O5S. The van der Waals surface area contributed by atoms with Crippen LogP contribution in [-0.2, 0) is 14.8 Å². The number of primary sulfonamides is 1. The lowest BCUT2D eigenvalue weighted by Gasteiger charge is -2.35. The van der Waals surface area contributed by atoms with Gasteiger partial charge in [-0.25, -0.2) is 13.6 Å². The van der Waals surface area contributed by atoms with Crippen LogP contribution in [0.25, 0.3) is 0 Å². The van der Waals surface area contributed by atoms with Crippen molar-refractivity contribution in [3.05, 3.63) is 63.7 Å². The fraction of sp³-hybridized carbons (Fsp3) is 0.368. The van der Waals surface area contributed by atoms with Gasteiger partial charge in [0.2, 0.25) is 10.0 Å². The second-order valence-corrected chi connectivity index (χ2v) is 8.47. The zero-order valence-electron chi connectivity index (χ0n) is 16.1. The van der Waals surface area contributed by atoms with E-state index in [0.29, 0.717) is 19.8 Å². The maximum atomic E-state index is 12.0. The third-order valence-electron chi connectivity index (χ3n) is 4.88. The number of anilines is 1. The summed E-state index contributed by atoms with van der Waals surface area (Å²) in [5.41, 5.74) is 2.13. The van der Waals surface area contributed by atoms with E-state index in [-0.39, 0.29) is 22.3 Å². The second kappa shape index (κ2) is 8.87. The van der Waals surface area contributed by atoms with E-state index in [4.69, 9.17) is 9.88 Å². The highest BCUT2D eigenvalue weighted by Crippen LogP contribution is 2.28. The van der Waals surface area contributed by atoms with Gasteiger partial charge >= 0.3 is 0 Å². The lowest BCUT2D eigenvalue weighted by Crippen LogP contribution is -2.41.